The average Bonchev–Trinajstić information content (AvgIpc) is 2.47. The first-order valence-corrected chi connectivity index (χ1v) is 4.84. The highest BCUT2D eigenvalue weighted by Gasteiger charge is 2.09. The van der Waals surface area contributed by atoms with Crippen LogP contribution in [0.1, 0.15) is 38.4 Å². The molecule has 0 fully saturated rings. The Morgan fingerprint density at radius 3 is 2.62 bits per heavy atom. The Kier molecular flexibility index (Phi) is 3.48. The lowest BCUT2D eigenvalue weighted by Crippen LogP contribution is -2.12. The molecule has 3 heteroatoms. The number of nitrogens with two attached hydrogens (primary N) is 1. The number of rotatable bonds is 4. The zero-order valence-electron chi connectivity index (χ0n) is 8.70. The van der Waals surface area contributed by atoms with Crippen molar-refractivity contribution >= 4 is 0 Å². The first kappa shape index (κ1) is 10.3. The quantitative estimate of drug-likeness (QED) is 0.770. The maximum absolute atomic E-state index is 5.98. The molecule has 0 spiro atoms. The number of hydrogen-bond donors (Lipinski definition) is 1. The van der Waals surface area contributed by atoms with Crippen LogP contribution in [0.3, 0.4) is 0 Å². The molecule has 3 nitrogen and oxygen atoms in total. The Hall–Kier alpha value is -0.830. The standard InChI is InChI=1S/C10H19N3/c1-8(2)4-5-9(11)10-6-7-13(3)12-10/h6-9H,4-5,11H2,1-3H3. The molecule has 0 radical (unpaired) electrons. The fraction of sp³-hybridized carbons (Fsp3) is 0.700. The lowest BCUT2D eigenvalue weighted by Gasteiger charge is -2.10. The second-order valence-corrected chi connectivity index (χ2v) is 3.99. The van der Waals surface area contributed by atoms with Gasteiger partial charge in [0, 0.05) is 19.3 Å². The summed E-state index contributed by atoms with van der Waals surface area (Å²) in [6.45, 7) is 4.43. The van der Waals surface area contributed by atoms with Crippen LogP contribution in [0.4, 0.5) is 0 Å². The van der Waals surface area contributed by atoms with E-state index in [1.165, 1.54) is 0 Å². The van der Waals surface area contributed by atoms with Gasteiger partial charge in [0.2, 0.25) is 0 Å². The molecular weight excluding hydrogens is 162 g/mol. The molecule has 2 N–H and O–H groups in total. The molecule has 1 aromatic heterocycles. The molecule has 1 unspecified atom stereocenters. The summed E-state index contributed by atoms with van der Waals surface area (Å²) in [5, 5.41) is 4.28. The second-order valence-electron chi connectivity index (χ2n) is 3.99. The van der Waals surface area contributed by atoms with E-state index in [1.807, 2.05) is 19.3 Å². The molecule has 0 aliphatic carbocycles. The van der Waals surface area contributed by atoms with Gasteiger partial charge < -0.3 is 5.73 Å². The van der Waals surface area contributed by atoms with Gasteiger partial charge in [-0.2, -0.15) is 5.10 Å². The van der Waals surface area contributed by atoms with Crippen LogP contribution in [-0.2, 0) is 7.05 Å². The van der Waals surface area contributed by atoms with Gasteiger partial charge in [0.15, 0.2) is 0 Å². The third-order valence-corrected chi connectivity index (χ3v) is 2.17. The number of nitrogens with zero attached hydrogens (tertiary/aromatic N) is 2. The molecule has 0 aliphatic heterocycles. The first-order valence-electron chi connectivity index (χ1n) is 4.84. The highest BCUT2D eigenvalue weighted by molar-refractivity contribution is 5.04. The summed E-state index contributed by atoms with van der Waals surface area (Å²) in [7, 11) is 1.92. The molecule has 0 saturated heterocycles. The van der Waals surface area contributed by atoms with Crippen molar-refractivity contribution in [3.05, 3.63) is 18.0 Å². The smallest absolute Gasteiger partial charge is 0.0791 e. The second kappa shape index (κ2) is 4.42. The zero-order chi connectivity index (χ0) is 9.84. The summed E-state index contributed by atoms with van der Waals surface area (Å²) >= 11 is 0. The van der Waals surface area contributed by atoms with Crippen molar-refractivity contribution in [1.29, 1.82) is 0 Å². The molecule has 1 atom stereocenters. The van der Waals surface area contributed by atoms with Crippen LogP contribution in [0.2, 0.25) is 0 Å². The van der Waals surface area contributed by atoms with Crippen LogP contribution in [0.15, 0.2) is 12.3 Å². The fourth-order valence-electron chi connectivity index (χ4n) is 1.29. The van der Waals surface area contributed by atoms with E-state index in [1.54, 1.807) is 4.68 Å². The highest BCUT2D eigenvalue weighted by Crippen LogP contribution is 2.16. The van der Waals surface area contributed by atoms with E-state index in [2.05, 4.69) is 18.9 Å². The molecule has 1 aromatic rings. The fourth-order valence-corrected chi connectivity index (χ4v) is 1.29. The first-order chi connectivity index (χ1) is 6.09. The van der Waals surface area contributed by atoms with Crippen molar-refractivity contribution in [2.45, 2.75) is 32.7 Å². The van der Waals surface area contributed by atoms with Gasteiger partial charge in [0.25, 0.3) is 0 Å². The summed E-state index contributed by atoms with van der Waals surface area (Å²) in [5.41, 5.74) is 6.98. The normalized spacial score (nSPS) is 13.6. The van der Waals surface area contributed by atoms with Crippen LogP contribution >= 0.6 is 0 Å². The van der Waals surface area contributed by atoms with Gasteiger partial charge in [0.05, 0.1) is 5.69 Å². The zero-order valence-corrected chi connectivity index (χ0v) is 8.70. The van der Waals surface area contributed by atoms with Crippen molar-refractivity contribution in [1.82, 2.24) is 9.78 Å². The van der Waals surface area contributed by atoms with E-state index in [0.717, 1.165) is 24.5 Å². The molecule has 13 heavy (non-hydrogen) atoms. The van der Waals surface area contributed by atoms with Crippen LogP contribution in [0.5, 0.6) is 0 Å². The van der Waals surface area contributed by atoms with Crippen LogP contribution in [-0.4, -0.2) is 9.78 Å². The maximum Gasteiger partial charge on any atom is 0.0791 e. The van der Waals surface area contributed by atoms with E-state index >= 15 is 0 Å². The van der Waals surface area contributed by atoms with E-state index in [0.29, 0.717) is 0 Å². The maximum atomic E-state index is 5.98. The van der Waals surface area contributed by atoms with Gasteiger partial charge in [-0.05, 0) is 24.8 Å². The minimum atomic E-state index is 0.101. The summed E-state index contributed by atoms with van der Waals surface area (Å²) in [4.78, 5) is 0. The topological polar surface area (TPSA) is 43.8 Å². The molecule has 1 heterocycles. The third kappa shape index (κ3) is 3.19. The number of aromatic nitrogens is 2. The molecular formula is C10H19N3. The summed E-state index contributed by atoms with van der Waals surface area (Å²) < 4.78 is 1.80. The van der Waals surface area contributed by atoms with Gasteiger partial charge >= 0.3 is 0 Å². The Labute approximate surface area is 79.9 Å². The number of hydrogen-bond acceptors (Lipinski definition) is 2. The predicted molar refractivity (Wildman–Crippen MR) is 54.2 cm³/mol. The Morgan fingerprint density at radius 1 is 1.46 bits per heavy atom. The molecule has 74 valence electrons. The molecule has 0 aliphatic rings. The minimum Gasteiger partial charge on any atom is -0.323 e. The van der Waals surface area contributed by atoms with Gasteiger partial charge in [-0.1, -0.05) is 13.8 Å². The predicted octanol–water partition coefficient (Wildman–Crippen LogP) is 1.86. The molecule has 1 rings (SSSR count). The van der Waals surface area contributed by atoms with Gasteiger partial charge in [-0.25, -0.2) is 0 Å². The molecule has 0 amide bonds. The van der Waals surface area contributed by atoms with Gasteiger partial charge in [-0.15, -0.1) is 0 Å². The van der Waals surface area contributed by atoms with Crippen molar-refractivity contribution in [3.63, 3.8) is 0 Å². The lowest BCUT2D eigenvalue weighted by molar-refractivity contribution is 0.498. The van der Waals surface area contributed by atoms with Crippen molar-refractivity contribution in [3.8, 4) is 0 Å². The van der Waals surface area contributed by atoms with Crippen molar-refractivity contribution in [2.75, 3.05) is 0 Å². The van der Waals surface area contributed by atoms with Crippen molar-refractivity contribution < 1.29 is 0 Å². The summed E-state index contributed by atoms with van der Waals surface area (Å²) in [5.74, 6) is 0.717. The van der Waals surface area contributed by atoms with E-state index in [-0.39, 0.29) is 6.04 Å². The molecule has 0 bridgehead atoms. The highest BCUT2D eigenvalue weighted by atomic mass is 15.3. The van der Waals surface area contributed by atoms with Gasteiger partial charge in [-0.3, -0.25) is 4.68 Å². The largest absolute Gasteiger partial charge is 0.323 e. The van der Waals surface area contributed by atoms with Crippen LogP contribution in [0, 0.1) is 5.92 Å². The number of aryl methyl sites for hydroxylation is 1. The van der Waals surface area contributed by atoms with E-state index < -0.39 is 0 Å². The Morgan fingerprint density at radius 2 is 2.15 bits per heavy atom. The molecule has 0 aromatic carbocycles. The van der Waals surface area contributed by atoms with E-state index in [4.69, 9.17) is 5.73 Å². The van der Waals surface area contributed by atoms with Crippen LogP contribution < -0.4 is 5.73 Å². The summed E-state index contributed by atoms with van der Waals surface area (Å²) in [6, 6.07) is 2.09. The Balaban J connectivity index is 2.44. The lowest BCUT2D eigenvalue weighted by atomic mass is 10.0. The van der Waals surface area contributed by atoms with Crippen molar-refractivity contribution in [2.24, 2.45) is 18.7 Å². The minimum absolute atomic E-state index is 0.101. The third-order valence-electron chi connectivity index (χ3n) is 2.17. The summed E-state index contributed by atoms with van der Waals surface area (Å²) in [6.07, 6.45) is 4.12. The van der Waals surface area contributed by atoms with E-state index in [9.17, 15) is 0 Å². The molecule has 0 saturated carbocycles. The Bertz CT molecular complexity index is 252. The van der Waals surface area contributed by atoms with Crippen LogP contribution in [0.25, 0.3) is 0 Å². The monoisotopic (exact) mass is 181 g/mol. The van der Waals surface area contributed by atoms with Gasteiger partial charge in [0.1, 0.15) is 0 Å². The SMILES string of the molecule is CC(C)CCC(N)c1ccn(C)n1. The average molecular weight is 181 g/mol.